The van der Waals surface area contributed by atoms with Crippen molar-refractivity contribution in [1.29, 1.82) is 0 Å². The molecule has 2 nitrogen and oxygen atoms in total. The first kappa shape index (κ1) is 12.5. The molecule has 0 radical (unpaired) electrons. The minimum atomic E-state index is -0.134. The van der Waals surface area contributed by atoms with E-state index in [0.717, 1.165) is 25.2 Å². The van der Waals surface area contributed by atoms with Gasteiger partial charge in [0.15, 0.2) is 0 Å². The van der Waals surface area contributed by atoms with Crippen molar-refractivity contribution in [2.45, 2.75) is 25.4 Å². The monoisotopic (exact) mass is 236 g/mol. The molecule has 0 N–H and O–H groups in total. The molecule has 1 aromatic carbocycles. The third-order valence-electron chi connectivity index (χ3n) is 3.58. The van der Waals surface area contributed by atoms with Crippen LogP contribution in [0.15, 0.2) is 24.3 Å². The first-order valence-corrected chi connectivity index (χ1v) is 6.28. The number of hydrogen-bond donors (Lipinski definition) is 0. The van der Waals surface area contributed by atoms with Crippen LogP contribution in [0.1, 0.15) is 18.4 Å². The molecule has 0 unspecified atom stereocenters. The van der Waals surface area contributed by atoms with Gasteiger partial charge in [-0.25, -0.2) is 4.39 Å². The fourth-order valence-corrected chi connectivity index (χ4v) is 2.49. The Kier molecular flexibility index (Phi) is 4.13. The second kappa shape index (κ2) is 5.61. The molecule has 0 bridgehead atoms. The maximum absolute atomic E-state index is 13.1. The van der Waals surface area contributed by atoms with E-state index < -0.39 is 0 Å². The minimum absolute atomic E-state index is 0.134. The van der Waals surface area contributed by atoms with Crippen LogP contribution in [0.2, 0.25) is 0 Å². The maximum Gasteiger partial charge on any atom is 0.123 e. The number of halogens is 1. The van der Waals surface area contributed by atoms with Crippen LogP contribution in [0, 0.1) is 5.82 Å². The normalized spacial score (nSPS) is 18.8. The van der Waals surface area contributed by atoms with E-state index in [1.807, 2.05) is 6.07 Å². The molecule has 2 rings (SSSR count). The Balaban J connectivity index is 1.86. The van der Waals surface area contributed by atoms with Crippen LogP contribution in [0.5, 0.6) is 0 Å². The van der Waals surface area contributed by atoms with E-state index in [0.29, 0.717) is 6.04 Å². The van der Waals surface area contributed by atoms with E-state index in [2.05, 4.69) is 23.9 Å². The third-order valence-corrected chi connectivity index (χ3v) is 3.58. The van der Waals surface area contributed by atoms with Gasteiger partial charge in [0, 0.05) is 12.6 Å². The topological polar surface area (TPSA) is 6.48 Å². The molecular weight excluding hydrogens is 215 g/mol. The van der Waals surface area contributed by atoms with Gasteiger partial charge in [0.25, 0.3) is 0 Å². The smallest absolute Gasteiger partial charge is 0.123 e. The summed E-state index contributed by atoms with van der Waals surface area (Å²) in [5, 5.41) is 0. The Morgan fingerprint density at radius 3 is 2.59 bits per heavy atom. The summed E-state index contributed by atoms with van der Waals surface area (Å²) >= 11 is 0. The van der Waals surface area contributed by atoms with Gasteiger partial charge in [-0.1, -0.05) is 12.1 Å². The van der Waals surface area contributed by atoms with E-state index in [1.54, 1.807) is 12.1 Å². The molecule has 17 heavy (non-hydrogen) atoms. The van der Waals surface area contributed by atoms with Crippen LogP contribution in [0.25, 0.3) is 0 Å². The zero-order chi connectivity index (χ0) is 12.3. The number of piperidine rings is 1. The van der Waals surface area contributed by atoms with Gasteiger partial charge in [-0.2, -0.15) is 0 Å². The second-order valence-electron chi connectivity index (χ2n) is 5.10. The summed E-state index contributed by atoms with van der Waals surface area (Å²) in [6.45, 7) is 3.09. The number of nitrogens with zero attached hydrogens (tertiary/aromatic N) is 2. The summed E-state index contributed by atoms with van der Waals surface area (Å²) in [4.78, 5) is 4.72. The summed E-state index contributed by atoms with van der Waals surface area (Å²) in [5.41, 5.74) is 1.08. The molecule has 1 aliphatic rings. The van der Waals surface area contributed by atoms with E-state index >= 15 is 0 Å². The van der Waals surface area contributed by atoms with Crippen LogP contribution in [-0.4, -0.2) is 43.0 Å². The van der Waals surface area contributed by atoms with Crippen molar-refractivity contribution in [2.24, 2.45) is 0 Å². The van der Waals surface area contributed by atoms with Gasteiger partial charge in [-0.3, -0.25) is 4.90 Å². The largest absolute Gasteiger partial charge is 0.306 e. The highest BCUT2D eigenvalue weighted by atomic mass is 19.1. The third kappa shape index (κ3) is 3.51. The highest BCUT2D eigenvalue weighted by Crippen LogP contribution is 2.16. The number of benzene rings is 1. The molecule has 94 valence electrons. The summed E-state index contributed by atoms with van der Waals surface area (Å²) in [5.74, 6) is -0.134. The molecule has 1 saturated heterocycles. The van der Waals surface area contributed by atoms with Gasteiger partial charge < -0.3 is 4.90 Å². The lowest BCUT2D eigenvalue weighted by atomic mass is 10.0. The molecule has 3 heteroatoms. The predicted octanol–water partition coefficient (Wildman–Crippen LogP) is 2.35. The summed E-state index contributed by atoms with van der Waals surface area (Å²) in [7, 11) is 4.29. The predicted molar refractivity (Wildman–Crippen MR) is 68.4 cm³/mol. The molecule has 1 heterocycles. The zero-order valence-corrected chi connectivity index (χ0v) is 10.7. The van der Waals surface area contributed by atoms with Crippen molar-refractivity contribution in [3.8, 4) is 0 Å². The Morgan fingerprint density at radius 1 is 1.29 bits per heavy atom. The van der Waals surface area contributed by atoms with Crippen molar-refractivity contribution < 1.29 is 4.39 Å². The maximum atomic E-state index is 13.1. The van der Waals surface area contributed by atoms with Crippen molar-refractivity contribution in [3.05, 3.63) is 35.6 Å². The summed E-state index contributed by atoms with van der Waals surface area (Å²) in [6, 6.07) is 7.64. The van der Waals surface area contributed by atoms with Crippen molar-refractivity contribution in [1.82, 2.24) is 9.80 Å². The van der Waals surface area contributed by atoms with Crippen molar-refractivity contribution in [3.63, 3.8) is 0 Å². The van der Waals surface area contributed by atoms with Gasteiger partial charge in [-0.05, 0) is 57.7 Å². The number of likely N-dealkylation sites (tertiary alicyclic amines) is 1. The highest BCUT2D eigenvalue weighted by Gasteiger charge is 2.20. The minimum Gasteiger partial charge on any atom is -0.306 e. The van der Waals surface area contributed by atoms with Crippen LogP contribution in [0.3, 0.4) is 0 Å². The Hall–Kier alpha value is -0.930. The van der Waals surface area contributed by atoms with E-state index in [9.17, 15) is 4.39 Å². The van der Waals surface area contributed by atoms with Gasteiger partial charge in [-0.15, -0.1) is 0 Å². The van der Waals surface area contributed by atoms with Gasteiger partial charge in [0.05, 0.1) is 0 Å². The van der Waals surface area contributed by atoms with Crippen molar-refractivity contribution in [2.75, 3.05) is 27.2 Å². The van der Waals surface area contributed by atoms with Crippen LogP contribution >= 0.6 is 0 Å². The Morgan fingerprint density at radius 2 is 2.00 bits per heavy atom. The standard InChI is InChI=1S/C14H21FN2/c1-16(2)14-6-8-17(9-7-14)11-12-4-3-5-13(15)10-12/h3-5,10,14H,6-9,11H2,1-2H3. The SMILES string of the molecule is CN(C)C1CCN(Cc2cccc(F)c2)CC1. The van der Waals surface area contributed by atoms with E-state index in [-0.39, 0.29) is 5.82 Å². The summed E-state index contributed by atoms with van der Waals surface area (Å²) < 4.78 is 13.1. The molecule has 0 atom stereocenters. The van der Waals surface area contributed by atoms with Crippen LogP contribution in [-0.2, 0) is 6.54 Å². The van der Waals surface area contributed by atoms with Crippen LogP contribution in [0.4, 0.5) is 4.39 Å². The quantitative estimate of drug-likeness (QED) is 0.795. The Bertz CT molecular complexity index is 357. The first-order valence-electron chi connectivity index (χ1n) is 6.28. The lowest BCUT2D eigenvalue weighted by Crippen LogP contribution is -2.41. The summed E-state index contributed by atoms with van der Waals surface area (Å²) in [6.07, 6.45) is 2.42. The van der Waals surface area contributed by atoms with Gasteiger partial charge >= 0.3 is 0 Å². The molecular formula is C14H21FN2. The second-order valence-corrected chi connectivity index (χ2v) is 5.10. The average molecular weight is 236 g/mol. The lowest BCUT2D eigenvalue weighted by Gasteiger charge is -2.35. The molecule has 0 aliphatic carbocycles. The molecule has 0 aromatic heterocycles. The number of hydrogen-bond acceptors (Lipinski definition) is 2. The highest BCUT2D eigenvalue weighted by molar-refractivity contribution is 5.16. The molecule has 0 saturated carbocycles. The zero-order valence-electron chi connectivity index (χ0n) is 10.7. The van der Waals surface area contributed by atoms with Crippen LogP contribution < -0.4 is 0 Å². The van der Waals surface area contributed by atoms with Gasteiger partial charge in [0.2, 0.25) is 0 Å². The lowest BCUT2D eigenvalue weighted by molar-refractivity contribution is 0.140. The van der Waals surface area contributed by atoms with Gasteiger partial charge in [0.1, 0.15) is 5.82 Å². The van der Waals surface area contributed by atoms with Crippen molar-refractivity contribution >= 4 is 0 Å². The average Bonchev–Trinajstić information content (AvgIpc) is 2.29. The first-order chi connectivity index (χ1) is 8.15. The Labute approximate surface area is 103 Å². The number of rotatable bonds is 3. The molecule has 1 aromatic rings. The fourth-order valence-electron chi connectivity index (χ4n) is 2.49. The molecule has 1 aliphatic heterocycles. The van der Waals surface area contributed by atoms with E-state index in [1.165, 1.54) is 18.9 Å². The molecule has 0 spiro atoms. The fraction of sp³-hybridized carbons (Fsp3) is 0.571. The molecule has 1 fully saturated rings. The molecule has 0 amide bonds. The van der Waals surface area contributed by atoms with E-state index in [4.69, 9.17) is 0 Å².